The van der Waals surface area contributed by atoms with Gasteiger partial charge in [0.25, 0.3) is 0 Å². The van der Waals surface area contributed by atoms with Gasteiger partial charge in [-0.25, -0.2) is 4.79 Å². The number of carbonyl (C=O) groups is 1. The fraction of sp³-hybridized carbons (Fsp3) is 0.643. The van der Waals surface area contributed by atoms with Gasteiger partial charge < -0.3 is 9.64 Å². The molecule has 0 saturated carbocycles. The van der Waals surface area contributed by atoms with Crippen LogP contribution in [0.5, 0.6) is 0 Å². The summed E-state index contributed by atoms with van der Waals surface area (Å²) in [6, 6.07) is 3.21. The summed E-state index contributed by atoms with van der Waals surface area (Å²) in [7, 11) is -1.24. The van der Waals surface area contributed by atoms with Gasteiger partial charge in [-0.05, 0) is 45.7 Å². The van der Waals surface area contributed by atoms with Gasteiger partial charge in [0.2, 0.25) is 0 Å². The van der Waals surface area contributed by atoms with Crippen molar-refractivity contribution in [3.63, 3.8) is 0 Å². The highest BCUT2D eigenvalue weighted by Gasteiger charge is 2.30. The molecule has 1 amide bonds. The van der Waals surface area contributed by atoms with E-state index >= 15 is 0 Å². The van der Waals surface area contributed by atoms with E-state index in [9.17, 15) is 9.00 Å². The summed E-state index contributed by atoms with van der Waals surface area (Å²) in [6.07, 6.45) is 0.981. The van der Waals surface area contributed by atoms with Crippen LogP contribution in [-0.2, 0) is 15.5 Å². The first-order valence-corrected chi connectivity index (χ1v) is 8.73. The molecule has 1 aliphatic rings. The second kappa shape index (κ2) is 6.91. The highest BCUT2D eigenvalue weighted by atomic mass is 35.5. The lowest BCUT2D eigenvalue weighted by atomic mass is 10.1. The molecule has 2 rings (SSSR count). The molecule has 1 aliphatic heterocycles. The molecule has 0 radical (unpaired) electrons. The van der Waals surface area contributed by atoms with Gasteiger partial charge in [-0.15, -0.1) is 10.2 Å². The Kier molecular flexibility index (Phi) is 5.39. The molecule has 0 aliphatic carbocycles. The van der Waals surface area contributed by atoms with E-state index in [0.29, 0.717) is 31.0 Å². The minimum absolute atomic E-state index is 0.0332. The number of amides is 1. The molecule has 0 N–H and O–H groups in total. The highest BCUT2D eigenvalue weighted by molar-refractivity contribution is 7.85. The lowest BCUT2D eigenvalue weighted by Crippen LogP contribution is -2.43. The molecule has 1 atom stereocenters. The quantitative estimate of drug-likeness (QED) is 0.823. The zero-order chi connectivity index (χ0) is 16.3. The predicted octanol–water partition coefficient (Wildman–Crippen LogP) is 2.64. The van der Waals surface area contributed by atoms with Crippen LogP contribution in [0, 0.1) is 0 Å². The second-order valence-corrected chi connectivity index (χ2v) is 8.23. The summed E-state index contributed by atoms with van der Waals surface area (Å²) >= 11 is 5.68. The molecule has 1 aromatic rings. The summed E-state index contributed by atoms with van der Waals surface area (Å²) in [5.41, 5.74) is -0.504. The molecule has 1 fully saturated rings. The molecule has 2 heterocycles. The zero-order valence-corrected chi connectivity index (χ0v) is 14.5. The molecular formula is C14H20ClN3O3S. The number of halogens is 1. The number of hydrogen-bond donors (Lipinski definition) is 0. The first kappa shape index (κ1) is 17.1. The van der Waals surface area contributed by atoms with Crippen LogP contribution >= 0.6 is 11.6 Å². The van der Waals surface area contributed by atoms with Gasteiger partial charge in [0, 0.05) is 18.3 Å². The van der Waals surface area contributed by atoms with E-state index < -0.39 is 16.4 Å². The van der Waals surface area contributed by atoms with Crippen molar-refractivity contribution in [2.75, 3.05) is 13.1 Å². The molecular weight excluding hydrogens is 326 g/mol. The molecule has 1 aromatic heterocycles. The summed E-state index contributed by atoms with van der Waals surface area (Å²) in [5, 5.41) is 8.26. The lowest BCUT2D eigenvalue weighted by Gasteiger charge is -2.32. The first-order valence-electron chi connectivity index (χ1n) is 7.14. The van der Waals surface area contributed by atoms with E-state index in [-0.39, 0.29) is 16.5 Å². The van der Waals surface area contributed by atoms with Crippen molar-refractivity contribution in [2.24, 2.45) is 0 Å². The van der Waals surface area contributed by atoms with Crippen LogP contribution in [0.15, 0.2) is 17.2 Å². The molecule has 122 valence electrons. The summed E-state index contributed by atoms with van der Waals surface area (Å²) in [5.74, 6) is 0. The highest BCUT2D eigenvalue weighted by Crippen LogP contribution is 2.21. The Morgan fingerprint density at radius 3 is 2.45 bits per heavy atom. The zero-order valence-electron chi connectivity index (χ0n) is 12.9. The summed E-state index contributed by atoms with van der Waals surface area (Å²) in [4.78, 5) is 13.6. The Labute approximate surface area is 137 Å². The third-order valence-electron chi connectivity index (χ3n) is 3.21. The van der Waals surface area contributed by atoms with E-state index in [4.69, 9.17) is 16.3 Å². The Hall–Kier alpha value is -1.21. The fourth-order valence-corrected chi connectivity index (χ4v) is 3.57. The largest absolute Gasteiger partial charge is 0.444 e. The third-order valence-corrected chi connectivity index (χ3v) is 5.12. The molecule has 6 nitrogen and oxygen atoms in total. The SMILES string of the molecule is CC(C)(C)OC(=O)N1CCC(S(=O)c2ccc(Cl)nn2)CC1. The monoisotopic (exact) mass is 345 g/mol. The molecule has 1 saturated heterocycles. The Morgan fingerprint density at radius 1 is 1.32 bits per heavy atom. The van der Waals surface area contributed by atoms with E-state index in [1.165, 1.54) is 0 Å². The predicted molar refractivity (Wildman–Crippen MR) is 84.3 cm³/mol. The number of rotatable bonds is 2. The van der Waals surface area contributed by atoms with E-state index in [1.807, 2.05) is 20.8 Å². The van der Waals surface area contributed by atoms with Crippen LogP contribution in [0.3, 0.4) is 0 Å². The topological polar surface area (TPSA) is 72.4 Å². The molecule has 8 heteroatoms. The molecule has 22 heavy (non-hydrogen) atoms. The third kappa shape index (κ3) is 4.64. The lowest BCUT2D eigenvalue weighted by molar-refractivity contribution is 0.0218. The number of nitrogens with zero attached hydrogens (tertiary/aromatic N) is 3. The van der Waals surface area contributed by atoms with Crippen molar-refractivity contribution in [1.29, 1.82) is 0 Å². The molecule has 0 aromatic carbocycles. The number of carbonyl (C=O) groups excluding carboxylic acids is 1. The standard InChI is InChI=1S/C14H20ClN3O3S/c1-14(2,3)21-13(19)18-8-6-10(7-9-18)22(20)12-5-4-11(15)16-17-12/h4-5,10H,6-9H2,1-3H3. The van der Waals surface area contributed by atoms with Crippen LogP contribution in [0.2, 0.25) is 5.15 Å². The van der Waals surface area contributed by atoms with Crippen molar-refractivity contribution in [1.82, 2.24) is 15.1 Å². The van der Waals surface area contributed by atoms with Crippen molar-refractivity contribution in [3.8, 4) is 0 Å². The maximum absolute atomic E-state index is 12.4. The van der Waals surface area contributed by atoms with Gasteiger partial charge in [0.1, 0.15) is 10.6 Å². The summed E-state index contributed by atoms with van der Waals surface area (Å²) in [6.45, 7) is 6.59. The Balaban J connectivity index is 1.90. The number of ether oxygens (including phenoxy) is 1. The van der Waals surface area contributed by atoms with Gasteiger partial charge in [0.05, 0.1) is 10.8 Å². The second-order valence-electron chi connectivity index (χ2n) is 6.16. The Morgan fingerprint density at radius 2 is 1.95 bits per heavy atom. The minimum Gasteiger partial charge on any atom is -0.444 e. The van der Waals surface area contributed by atoms with Crippen LogP contribution in [0.1, 0.15) is 33.6 Å². The summed E-state index contributed by atoms with van der Waals surface area (Å²) < 4.78 is 17.8. The maximum Gasteiger partial charge on any atom is 0.410 e. The van der Waals surface area contributed by atoms with Crippen LogP contribution < -0.4 is 0 Å². The minimum atomic E-state index is -1.24. The van der Waals surface area contributed by atoms with Gasteiger partial charge in [-0.1, -0.05) is 11.6 Å². The van der Waals surface area contributed by atoms with Gasteiger partial charge >= 0.3 is 6.09 Å². The van der Waals surface area contributed by atoms with Gasteiger partial charge in [-0.2, -0.15) is 0 Å². The molecule has 1 unspecified atom stereocenters. The van der Waals surface area contributed by atoms with Crippen LogP contribution in [0.25, 0.3) is 0 Å². The van der Waals surface area contributed by atoms with E-state index in [2.05, 4.69) is 10.2 Å². The number of aromatic nitrogens is 2. The normalized spacial score (nSPS) is 18.1. The first-order chi connectivity index (χ1) is 10.3. The van der Waals surface area contributed by atoms with E-state index in [1.54, 1.807) is 17.0 Å². The van der Waals surface area contributed by atoms with Crippen LogP contribution in [-0.4, -0.2) is 49.3 Å². The number of hydrogen-bond acceptors (Lipinski definition) is 5. The smallest absolute Gasteiger partial charge is 0.410 e. The van der Waals surface area contributed by atoms with Gasteiger partial charge in [0.15, 0.2) is 5.15 Å². The van der Waals surface area contributed by atoms with Crippen molar-refractivity contribution >= 4 is 28.5 Å². The van der Waals surface area contributed by atoms with E-state index in [0.717, 1.165) is 0 Å². The number of piperidine rings is 1. The number of likely N-dealkylation sites (tertiary alicyclic amines) is 1. The average molecular weight is 346 g/mol. The van der Waals surface area contributed by atoms with Gasteiger partial charge in [-0.3, -0.25) is 4.21 Å². The average Bonchev–Trinajstić information content (AvgIpc) is 2.46. The fourth-order valence-electron chi connectivity index (χ4n) is 2.16. The molecule has 0 bridgehead atoms. The van der Waals surface area contributed by atoms with Crippen molar-refractivity contribution < 1.29 is 13.7 Å². The maximum atomic E-state index is 12.4. The Bertz CT molecular complexity index is 551. The van der Waals surface area contributed by atoms with Crippen molar-refractivity contribution in [2.45, 2.75) is 49.5 Å². The van der Waals surface area contributed by atoms with Crippen LogP contribution in [0.4, 0.5) is 4.79 Å². The van der Waals surface area contributed by atoms with Crippen molar-refractivity contribution in [3.05, 3.63) is 17.3 Å². The molecule has 0 spiro atoms.